The van der Waals surface area contributed by atoms with Crippen LogP contribution >= 0.6 is 0 Å². The number of allylic oxidation sites excluding steroid dienone is 1. The first-order chi connectivity index (χ1) is 11.8. The fraction of sp³-hybridized carbons (Fsp3) is 0.619. The number of benzene rings is 1. The van der Waals surface area contributed by atoms with Crippen LogP contribution in [0.5, 0.6) is 0 Å². The maximum Gasteiger partial charge on any atom is 0.0576 e. The summed E-state index contributed by atoms with van der Waals surface area (Å²) < 4.78 is 0. The number of rotatable bonds is 3. The van der Waals surface area contributed by atoms with Gasteiger partial charge >= 0.3 is 0 Å². The number of fused-ring (bicyclic) bond motifs is 2. The average molecular weight is 326 g/mol. The van der Waals surface area contributed by atoms with Gasteiger partial charge in [-0.3, -0.25) is 4.90 Å². The summed E-state index contributed by atoms with van der Waals surface area (Å²) in [6.07, 6.45) is 17.0. The fourth-order valence-electron chi connectivity index (χ4n) is 5.11. The molecule has 3 nitrogen and oxygen atoms in total. The van der Waals surface area contributed by atoms with Crippen molar-refractivity contribution in [1.82, 2.24) is 4.90 Å². The summed E-state index contributed by atoms with van der Waals surface area (Å²) in [5.41, 5.74) is 8.10. The van der Waals surface area contributed by atoms with Gasteiger partial charge in [-0.15, -0.1) is 0 Å². The molecule has 0 aromatic heterocycles. The highest BCUT2D eigenvalue weighted by Crippen LogP contribution is 2.40. The van der Waals surface area contributed by atoms with Crippen molar-refractivity contribution in [3.8, 4) is 0 Å². The maximum absolute atomic E-state index is 6.12. The largest absolute Gasteiger partial charge is 0.397 e. The van der Waals surface area contributed by atoms with Gasteiger partial charge in [-0.25, -0.2) is 0 Å². The zero-order chi connectivity index (χ0) is 16.4. The van der Waals surface area contributed by atoms with E-state index in [0.29, 0.717) is 12.1 Å². The molecule has 1 unspecified atom stereocenters. The van der Waals surface area contributed by atoms with Crippen molar-refractivity contribution in [3.05, 3.63) is 36.4 Å². The Labute approximate surface area is 146 Å². The van der Waals surface area contributed by atoms with Crippen LogP contribution in [0, 0.1) is 0 Å². The Morgan fingerprint density at radius 3 is 2.54 bits per heavy atom. The van der Waals surface area contributed by atoms with Gasteiger partial charge in [0.2, 0.25) is 0 Å². The van der Waals surface area contributed by atoms with Crippen molar-refractivity contribution in [1.29, 1.82) is 0 Å². The molecule has 2 fully saturated rings. The molecule has 2 bridgehead atoms. The molecule has 2 saturated heterocycles. The van der Waals surface area contributed by atoms with Gasteiger partial charge < -0.3 is 11.1 Å². The van der Waals surface area contributed by atoms with Gasteiger partial charge in [0.1, 0.15) is 0 Å². The van der Waals surface area contributed by atoms with Gasteiger partial charge in [0.05, 0.1) is 11.4 Å². The van der Waals surface area contributed by atoms with E-state index in [9.17, 15) is 0 Å². The molecule has 24 heavy (non-hydrogen) atoms. The van der Waals surface area contributed by atoms with Gasteiger partial charge in [0.15, 0.2) is 0 Å². The molecule has 2 aliphatic heterocycles. The highest BCUT2D eigenvalue weighted by molar-refractivity contribution is 5.66. The van der Waals surface area contributed by atoms with Gasteiger partial charge in [-0.1, -0.05) is 37.1 Å². The molecule has 0 saturated carbocycles. The summed E-state index contributed by atoms with van der Waals surface area (Å²) in [4.78, 5) is 2.87. The Morgan fingerprint density at radius 2 is 1.75 bits per heavy atom. The molecule has 0 spiro atoms. The van der Waals surface area contributed by atoms with Crippen molar-refractivity contribution < 1.29 is 0 Å². The van der Waals surface area contributed by atoms with E-state index in [2.05, 4.69) is 34.5 Å². The lowest BCUT2D eigenvalue weighted by Gasteiger charge is -2.43. The van der Waals surface area contributed by atoms with Crippen molar-refractivity contribution >= 4 is 11.4 Å². The second-order valence-electron chi connectivity index (χ2n) is 7.87. The lowest BCUT2D eigenvalue weighted by molar-refractivity contribution is 0.0958. The Kier molecular flexibility index (Phi) is 4.79. The average Bonchev–Trinajstić information content (AvgIpc) is 2.81. The van der Waals surface area contributed by atoms with E-state index in [1.54, 1.807) is 0 Å². The molecule has 3 heteroatoms. The fourth-order valence-corrected chi connectivity index (χ4v) is 5.11. The van der Waals surface area contributed by atoms with Crippen molar-refractivity contribution in [2.24, 2.45) is 0 Å². The van der Waals surface area contributed by atoms with E-state index in [4.69, 9.17) is 5.73 Å². The standard InChI is InChI=1S/C21H31N3/c22-20-10-6-7-11-21(20)23-16-14-18-12-13-19(15-16)24(18)17-8-4-2-1-3-5-9-17/h4,6-8,10-11,16-19,23H,1-3,5,9,12-15,22H2/b8-4-/t16-,17?,18+,19-. The molecule has 0 amide bonds. The minimum atomic E-state index is 0.570. The molecule has 0 radical (unpaired) electrons. The molecule has 130 valence electrons. The topological polar surface area (TPSA) is 41.3 Å². The highest BCUT2D eigenvalue weighted by Gasteiger charge is 2.43. The molecular weight excluding hydrogens is 294 g/mol. The number of nitrogens with zero attached hydrogens (tertiary/aromatic N) is 1. The quantitative estimate of drug-likeness (QED) is 0.632. The SMILES string of the molecule is Nc1ccccc1N[C@H]1C[C@H]2CC[C@@H](C1)N2C1/C=C\CCCCC1. The van der Waals surface area contributed by atoms with Crippen LogP contribution in [0.3, 0.4) is 0 Å². The lowest BCUT2D eigenvalue weighted by atomic mass is 9.92. The minimum Gasteiger partial charge on any atom is -0.397 e. The second-order valence-corrected chi connectivity index (χ2v) is 7.87. The van der Waals surface area contributed by atoms with Crippen molar-refractivity contribution in [2.45, 2.75) is 82.0 Å². The first kappa shape index (κ1) is 16.0. The third-order valence-corrected chi connectivity index (χ3v) is 6.22. The highest BCUT2D eigenvalue weighted by atomic mass is 15.3. The summed E-state index contributed by atoms with van der Waals surface area (Å²) in [6.45, 7) is 0. The monoisotopic (exact) mass is 325 g/mol. The summed E-state index contributed by atoms with van der Waals surface area (Å²) in [5, 5.41) is 3.73. The van der Waals surface area contributed by atoms with Crippen molar-refractivity contribution in [3.63, 3.8) is 0 Å². The smallest absolute Gasteiger partial charge is 0.0576 e. The molecule has 4 rings (SSSR count). The Bertz CT molecular complexity index is 568. The number of nitrogen functional groups attached to an aromatic ring is 1. The third-order valence-electron chi connectivity index (χ3n) is 6.22. The van der Waals surface area contributed by atoms with Crippen LogP contribution in [0.1, 0.15) is 57.8 Å². The predicted molar refractivity (Wildman–Crippen MR) is 102 cm³/mol. The predicted octanol–water partition coefficient (Wildman–Crippen LogP) is 4.57. The summed E-state index contributed by atoms with van der Waals surface area (Å²) in [5.74, 6) is 0. The lowest BCUT2D eigenvalue weighted by Crippen LogP contribution is -2.51. The van der Waals surface area contributed by atoms with E-state index in [1.165, 1.54) is 57.8 Å². The van der Waals surface area contributed by atoms with Crippen LogP contribution in [0.2, 0.25) is 0 Å². The third kappa shape index (κ3) is 3.32. The molecule has 4 atom stereocenters. The summed E-state index contributed by atoms with van der Waals surface area (Å²) in [7, 11) is 0. The molecule has 3 aliphatic rings. The Balaban J connectivity index is 1.43. The normalized spacial score (nSPS) is 35.2. The number of hydrogen-bond donors (Lipinski definition) is 2. The number of piperidine rings is 1. The molecule has 1 aromatic rings. The summed E-state index contributed by atoms with van der Waals surface area (Å²) in [6, 6.07) is 10.9. The Hall–Kier alpha value is -1.48. The van der Waals surface area contributed by atoms with Crippen LogP contribution in [0.4, 0.5) is 11.4 Å². The van der Waals surface area contributed by atoms with Crippen molar-refractivity contribution in [2.75, 3.05) is 11.1 Å². The maximum atomic E-state index is 6.12. The molecule has 1 aliphatic carbocycles. The van der Waals surface area contributed by atoms with E-state index in [0.717, 1.165) is 23.5 Å². The number of hydrogen-bond acceptors (Lipinski definition) is 3. The van der Waals surface area contributed by atoms with Crippen LogP contribution in [-0.4, -0.2) is 29.1 Å². The summed E-state index contributed by atoms with van der Waals surface area (Å²) >= 11 is 0. The second kappa shape index (κ2) is 7.18. The molecular formula is C21H31N3. The zero-order valence-corrected chi connectivity index (χ0v) is 14.7. The van der Waals surface area contributed by atoms with Gasteiger partial charge in [-0.2, -0.15) is 0 Å². The van der Waals surface area contributed by atoms with Crippen LogP contribution < -0.4 is 11.1 Å². The van der Waals surface area contributed by atoms with Gasteiger partial charge in [-0.05, 0) is 57.1 Å². The number of nitrogens with one attached hydrogen (secondary N) is 1. The van der Waals surface area contributed by atoms with Crippen LogP contribution in [0.15, 0.2) is 36.4 Å². The number of anilines is 2. The number of nitrogens with two attached hydrogens (primary N) is 1. The minimum absolute atomic E-state index is 0.570. The first-order valence-electron chi connectivity index (χ1n) is 9.86. The van der Waals surface area contributed by atoms with Gasteiger partial charge in [0.25, 0.3) is 0 Å². The Morgan fingerprint density at radius 1 is 0.958 bits per heavy atom. The zero-order valence-electron chi connectivity index (χ0n) is 14.7. The first-order valence-corrected chi connectivity index (χ1v) is 9.86. The van der Waals surface area contributed by atoms with E-state index >= 15 is 0 Å². The van der Waals surface area contributed by atoms with Crippen LogP contribution in [-0.2, 0) is 0 Å². The van der Waals surface area contributed by atoms with E-state index in [1.807, 2.05) is 12.1 Å². The molecule has 3 N–H and O–H groups in total. The van der Waals surface area contributed by atoms with E-state index in [-0.39, 0.29) is 0 Å². The van der Waals surface area contributed by atoms with E-state index < -0.39 is 0 Å². The van der Waals surface area contributed by atoms with Crippen LogP contribution in [0.25, 0.3) is 0 Å². The molecule has 2 heterocycles. The number of para-hydroxylation sites is 2. The van der Waals surface area contributed by atoms with Gasteiger partial charge in [0, 0.05) is 24.2 Å². The molecule has 1 aromatic carbocycles.